The normalized spacial score (nSPS) is 12.1. The Morgan fingerprint density at radius 3 is 2.64 bits per heavy atom. The van der Waals surface area contributed by atoms with E-state index in [-0.39, 0.29) is 6.79 Å². The predicted octanol–water partition coefficient (Wildman–Crippen LogP) is 4.76. The summed E-state index contributed by atoms with van der Waals surface area (Å²) in [6.07, 6.45) is 1.70. The van der Waals surface area contributed by atoms with Gasteiger partial charge in [-0.2, -0.15) is 4.98 Å². The van der Waals surface area contributed by atoms with Crippen LogP contribution in [0.3, 0.4) is 0 Å². The fourth-order valence-corrected chi connectivity index (χ4v) is 2.79. The minimum Gasteiger partial charge on any atom is -0.454 e. The second kappa shape index (κ2) is 6.60. The molecule has 2 aromatic carbocycles. The highest BCUT2D eigenvalue weighted by Gasteiger charge is 2.13. The summed E-state index contributed by atoms with van der Waals surface area (Å²) >= 11 is 3.53. The van der Waals surface area contributed by atoms with Crippen LogP contribution >= 0.6 is 15.9 Å². The lowest BCUT2D eigenvalue weighted by atomic mass is 10.2. The van der Waals surface area contributed by atoms with E-state index in [0.29, 0.717) is 11.8 Å². The van der Waals surface area contributed by atoms with E-state index < -0.39 is 0 Å². The Hall–Kier alpha value is -2.80. The van der Waals surface area contributed by atoms with Gasteiger partial charge in [0, 0.05) is 28.1 Å². The maximum atomic E-state index is 5.39. The molecule has 0 atom stereocenters. The fraction of sp³-hybridized carbons (Fsp3) is 0.111. The highest BCUT2D eigenvalue weighted by Crippen LogP contribution is 2.35. The fourth-order valence-electron chi connectivity index (χ4n) is 2.41. The Balaban J connectivity index is 1.52. The van der Waals surface area contributed by atoms with Gasteiger partial charge >= 0.3 is 0 Å². The van der Waals surface area contributed by atoms with E-state index >= 15 is 0 Å². The van der Waals surface area contributed by atoms with Crippen LogP contribution in [0.4, 0.5) is 23.1 Å². The van der Waals surface area contributed by atoms with E-state index in [2.05, 4.69) is 36.5 Å². The third kappa shape index (κ3) is 3.51. The summed E-state index contributed by atoms with van der Waals surface area (Å²) in [6.45, 7) is 2.30. The van der Waals surface area contributed by atoms with Crippen molar-refractivity contribution in [1.29, 1.82) is 0 Å². The van der Waals surface area contributed by atoms with Crippen LogP contribution in [0.25, 0.3) is 0 Å². The second-order valence-corrected chi connectivity index (χ2v) is 6.40. The molecule has 1 aliphatic rings. The maximum absolute atomic E-state index is 5.39. The van der Waals surface area contributed by atoms with Gasteiger partial charge in [-0.25, -0.2) is 4.98 Å². The zero-order valence-corrected chi connectivity index (χ0v) is 15.0. The molecule has 0 spiro atoms. The van der Waals surface area contributed by atoms with Crippen molar-refractivity contribution in [1.82, 2.24) is 9.97 Å². The highest BCUT2D eigenvalue weighted by molar-refractivity contribution is 9.10. The van der Waals surface area contributed by atoms with Crippen molar-refractivity contribution in [3.05, 3.63) is 58.7 Å². The standard InChI is InChI=1S/C18H15BrN4O2/c1-11-2-3-12(8-14(11)19)22-18-20-7-6-17(23-18)21-13-4-5-15-16(9-13)25-10-24-15/h2-9H,10H2,1H3,(H2,20,21,22,23). The average molecular weight is 399 g/mol. The number of nitrogens with zero attached hydrogens (tertiary/aromatic N) is 2. The van der Waals surface area contributed by atoms with Crippen LogP contribution in [-0.4, -0.2) is 16.8 Å². The summed E-state index contributed by atoms with van der Waals surface area (Å²) in [5.74, 6) is 2.67. The Bertz CT molecular complexity index is 933. The Morgan fingerprint density at radius 1 is 0.960 bits per heavy atom. The molecule has 7 heteroatoms. The first-order valence-corrected chi connectivity index (χ1v) is 8.49. The minimum absolute atomic E-state index is 0.256. The molecule has 0 saturated carbocycles. The zero-order chi connectivity index (χ0) is 17.2. The second-order valence-electron chi connectivity index (χ2n) is 5.55. The molecule has 0 saturated heterocycles. The average Bonchev–Trinajstić information content (AvgIpc) is 3.06. The van der Waals surface area contributed by atoms with Crippen molar-refractivity contribution < 1.29 is 9.47 Å². The van der Waals surface area contributed by atoms with Gasteiger partial charge in [0.1, 0.15) is 5.82 Å². The van der Waals surface area contributed by atoms with Gasteiger partial charge in [-0.1, -0.05) is 22.0 Å². The van der Waals surface area contributed by atoms with Gasteiger partial charge < -0.3 is 20.1 Å². The molecule has 0 amide bonds. The maximum Gasteiger partial charge on any atom is 0.231 e. The molecule has 1 aromatic heterocycles. The van der Waals surface area contributed by atoms with Gasteiger partial charge in [-0.15, -0.1) is 0 Å². The number of hydrogen-bond acceptors (Lipinski definition) is 6. The number of ether oxygens (including phenoxy) is 2. The van der Waals surface area contributed by atoms with Crippen molar-refractivity contribution in [2.24, 2.45) is 0 Å². The first-order valence-electron chi connectivity index (χ1n) is 7.70. The minimum atomic E-state index is 0.256. The Morgan fingerprint density at radius 2 is 1.76 bits per heavy atom. The number of benzene rings is 2. The smallest absolute Gasteiger partial charge is 0.231 e. The van der Waals surface area contributed by atoms with Gasteiger partial charge in [0.25, 0.3) is 0 Å². The molecule has 2 heterocycles. The van der Waals surface area contributed by atoms with Crippen LogP contribution in [0.5, 0.6) is 11.5 Å². The number of aryl methyl sites for hydroxylation is 1. The summed E-state index contributed by atoms with van der Waals surface area (Å²) in [5, 5.41) is 6.45. The van der Waals surface area contributed by atoms with E-state index in [9.17, 15) is 0 Å². The lowest BCUT2D eigenvalue weighted by Crippen LogP contribution is -2.00. The van der Waals surface area contributed by atoms with Gasteiger partial charge in [-0.3, -0.25) is 0 Å². The largest absolute Gasteiger partial charge is 0.454 e. The Labute approximate surface area is 153 Å². The van der Waals surface area contributed by atoms with Gasteiger partial charge in [0.15, 0.2) is 11.5 Å². The third-order valence-corrected chi connectivity index (χ3v) is 4.58. The van der Waals surface area contributed by atoms with Crippen molar-refractivity contribution in [2.45, 2.75) is 6.92 Å². The van der Waals surface area contributed by atoms with Crippen LogP contribution < -0.4 is 20.1 Å². The molecule has 4 rings (SSSR count). The number of fused-ring (bicyclic) bond motifs is 1. The molecule has 25 heavy (non-hydrogen) atoms. The number of hydrogen-bond donors (Lipinski definition) is 2. The van der Waals surface area contributed by atoms with Crippen LogP contribution in [0.2, 0.25) is 0 Å². The highest BCUT2D eigenvalue weighted by atomic mass is 79.9. The lowest BCUT2D eigenvalue weighted by Gasteiger charge is -2.09. The van der Waals surface area contributed by atoms with Crippen molar-refractivity contribution in [3.8, 4) is 11.5 Å². The lowest BCUT2D eigenvalue weighted by molar-refractivity contribution is 0.174. The van der Waals surface area contributed by atoms with E-state index in [1.54, 1.807) is 12.3 Å². The van der Waals surface area contributed by atoms with Crippen molar-refractivity contribution >= 4 is 39.1 Å². The van der Waals surface area contributed by atoms with Gasteiger partial charge in [0.2, 0.25) is 12.7 Å². The number of aromatic nitrogens is 2. The quantitative estimate of drug-likeness (QED) is 0.659. The number of nitrogens with one attached hydrogen (secondary N) is 2. The van der Waals surface area contributed by atoms with Gasteiger partial charge in [0.05, 0.1) is 0 Å². The summed E-state index contributed by atoms with van der Waals surface area (Å²) in [5.41, 5.74) is 2.95. The molecule has 6 nitrogen and oxygen atoms in total. The SMILES string of the molecule is Cc1ccc(Nc2nccc(Nc3ccc4c(c3)OCO4)n2)cc1Br. The van der Waals surface area contributed by atoms with E-state index in [4.69, 9.17) is 9.47 Å². The summed E-state index contributed by atoms with van der Waals surface area (Å²) < 4.78 is 11.7. The number of halogens is 1. The van der Waals surface area contributed by atoms with Crippen molar-refractivity contribution in [3.63, 3.8) is 0 Å². The summed E-state index contributed by atoms with van der Waals surface area (Å²) in [6, 6.07) is 13.5. The first-order chi connectivity index (χ1) is 12.2. The molecule has 0 radical (unpaired) electrons. The molecule has 126 valence electrons. The van der Waals surface area contributed by atoms with Crippen LogP contribution in [-0.2, 0) is 0 Å². The topological polar surface area (TPSA) is 68.3 Å². The molecule has 0 fully saturated rings. The molecule has 2 N–H and O–H groups in total. The van der Waals surface area contributed by atoms with Crippen molar-refractivity contribution in [2.75, 3.05) is 17.4 Å². The van der Waals surface area contributed by atoms with E-state index in [1.165, 1.54) is 5.56 Å². The molecular weight excluding hydrogens is 384 g/mol. The monoisotopic (exact) mass is 398 g/mol. The third-order valence-electron chi connectivity index (χ3n) is 3.73. The predicted molar refractivity (Wildman–Crippen MR) is 100 cm³/mol. The zero-order valence-electron chi connectivity index (χ0n) is 13.4. The molecular formula is C18H15BrN4O2. The Kier molecular flexibility index (Phi) is 4.15. The molecule has 0 bridgehead atoms. The van der Waals surface area contributed by atoms with Crippen LogP contribution in [0.15, 0.2) is 53.1 Å². The molecule has 1 aliphatic heterocycles. The summed E-state index contributed by atoms with van der Waals surface area (Å²) in [4.78, 5) is 8.75. The van der Waals surface area contributed by atoms with Crippen LogP contribution in [0.1, 0.15) is 5.56 Å². The summed E-state index contributed by atoms with van der Waals surface area (Å²) in [7, 11) is 0. The van der Waals surface area contributed by atoms with E-state index in [0.717, 1.165) is 27.3 Å². The molecule has 0 unspecified atom stereocenters. The van der Waals surface area contributed by atoms with E-state index in [1.807, 2.05) is 43.3 Å². The number of rotatable bonds is 4. The van der Waals surface area contributed by atoms with Gasteiger partial charge in [-0.05, 0) is 42.8 Å². The van der Waals surface area contributed by atoms with Crippen LogP contribution in [0, 0.1) is 6.92 Å². The number of anilines is 4. The molecule has 3 aromatic rings. The first kappa shape index (κ1) is 15.7. The molecule has 0 aliphatic carbocycles.